The lowest BCUT2D eigenvalue weighted by Crippen LogP contribution is -2.28. The summed E-state index contributed by atoms with van der Waals surface area (Å²) >= 11 is 2.81. The molecule has 26 heavy (non-hydrogen) atoms. The molecule has 0 aromatic heterocycles. The SMILES string of the molecule is O=C1CSC(c2ccccc2O)N1c1nnc2c3ccccc3nc-2s1. The van der Waals surface area contributed by atoms with E-state index in [0.717, 1.165) is 21.6 Å². The molecule has 0 aliphatic carbocycles. The maximum absolute atomic E-state index is 12.5. The van der Waals surface area contributed by atoms with E-state index in [4.69, 9.17) is 0 Å². The lowest BCUT2D eigenvalue weighted by atomic mass is 10.2. The van der Waals surface area contributed by atoms with Crippen molar-refractivity contribution in [3.63, 3.8) is 0 Å². The summed E-state index contributed by atoms with van der Waals surface area (Å²) in [6.07, 6.45) is 0. The number of aromatic hydroxyl groups is 1. The molecular weight excluding hydrogens is 368 g/mol. The fourth-order valence-corrected chi connectivity index (χ4v) is 5.27. The summed E-state index contributed by atoms with van der Waals surface area (Å²) in [7, 11) is 0. The van der Waals surface area contributed by atoms with Crippen LogP contribution in [-0.2, 0) is 4.79 Å². The minimum Gasteiger partial charge on any atom is -0.508 e. The summed E-state index contributed by atoms with van der Waals surface area (Å²) in [5.41, 5.74) is 2.30. The van der Waals surface area contributed by atoms with E-state index in [-0.39, 0.29) is 17.0 Å². The van der Waals surface area contributed by atoms with Crippen molar-refractivity contribution in [2.45, 2.75) is 5.37 Å². The van der Waals surface area contributed by atoms with E-state index >= 15 is 0 Å². The topological polar surface area (TPSA) is 79.2 Å². The van der Waals surface area contributed by atoms with Crippen molar-refractivity contribution in [2.75, 3.05) is 10.7 Å². The van der Waals surface area contributed by atoms with Crippen molar-refractivity contribution < 1.29 is 9.90 Å². The third-order valence-corrected chi connectivity index (χ3v) is 6.42. The third-order valence-electron chi connectivity index (χ3n) is 4.28. The Hall–Kier alpha value is -2.71. The molecule has 3 aliphatic heterocycles. The number of nitrogens with zero attached hydrogens (tertiary/aromatic N) is 4. The molecule has 1 fully saturated rings. The van der Waals surface area contributed by atoms with Crippen LogP contribution in [-0.4, -0.2) is 31.9 Å². The van der Waals surface area contributed by atoms with Crippen LogP contribution < -0.4 is 4.90 Å². The van der Waals surface area contributed by atoms with Crippen molar-refractivity contribution in [1.29, 1.82) is 0 Å². The number of phenolic OH excluding ortho intramolecular Hbond substituents is 1. The standard InChI is InChI=1S/C18H12N4O2S2/c23-13-8-4-2-6-11(13)17-22(14(24)9-25-17)18-21-20-15-10-5-1-3-7-12(10)19-16(15)26-18/h1-8,17,23H,9H2. The van der Waals surface area contributed by atoms with E-state index in [2.05, 4.69) is 15.2 Å². The second-order valence-electron chi connectivity index (χ2n) is 5.85. The Bertz CT molecular complexity index is 1110. The van der Waals surface area contributed by atoms with Crippen LogP contribution in [0.25, 0.3) is 21.6 Å². The number of fused-ring (bicyclic) bond motifs is 3. The van der Waals surface area contributed by atoms with E-state index in [0.29, 0.717) is 16.4 Å². The Kier molecular flexibility index (Phi) is 3.54. The van der Waals surface area contributed by atoms with Gasteiger partial charge in [0.2, 0.25) is 11.0 Å². The molecule has 1 amide bonds. The number of benzene rings is 2. The highest BCUT2D eigenvalue weighted by Crippen LogP contribution is 2.46. The number of rotatable bonds is 2. The molecular formula is C18H12N4O2S2. The van der Waals surface area contributed by atoms with Gasteiger partial charge in [-0.15, -0.1) is 22.0 Å². The van der Waals surface area contributed by atoms with Gasteiger partial charge in [-0.2, -0.15) is 0 Å². The molecule has 6 nitrogen and oxygen atoms in total. The highest BCUT2D eigenvalue weighted by molar-refractivity contribution is 8.00. The fourth-order valence-electron chi connectivity index (χ4n) is 3.07. The van der Waals surface area contributed by atoms with Crippen molar-refractivity contribution in [3.8, 4) is 16.5 Å². The van der Waals surface area contributed by atoms with Crippen LogP contribution in [0.3, 0.4) is 0 Å². The van der Waals surface area contributed by atoms with Crippen LogP contribution in [0.1, 0.15) is 10.9 Å². The summed E-state index contributed by atoms with van der Waals surface area (Å²) < 4.78 is 0. The zero-order valence-electron chi connectivity index (χ0n) is 13.4. The van der Waals surface area contributed by atoms with Crippen molar-refractivity contribution in [3.05, 3.63) is 54.1 Å². The summed E-state index contributed by atoms with van der Waals surface area (Å²) in [6, 6.07) is 14.8. The smallest absolute Gasteiger partial charge is 0.240 e. The number of thioether (sulfide) groups is 1. The van der Waals surface area contributed by atoms with E-state index < -0.39 is 0 Å². The largest absolute Gasteiger partial charge is 0.508 e. The van der Waals surface area contributed by atoms with Gasteiger partial charge < -0.3 is 5.11 Å². The number of hydrogen-bond donors (Lipinski definition) is 1. The number of aromatic nitrogens is 3. The van der Waals surface area contributed by atoms with Gasteiger partial charge in [-0.1, -0.05) is 47.7 Å². The molecule has 5 rings (SSSR count). The third kappa shape index (κ3) is 2.33. The first-order chi connectivity index (χ1) is 12.7. The Morgan fingerprint density at radius 2 is 1.88 bits per heavy atom. The van der Waals surface area contributed by atoms with Crippen molar-refractivity contribution in [1.82, 2.24) is 15.2 Å². The molecule has 128 valence electrons. The molecule has 0 saturated carbocycles. The summed E-state index contributed by atoms with van der Waals surface area (Å²) in [4.78, 5) is 18.7. The fraction of sp³-hybridized carbons (Fsp3) is 0.111. The second-order valence-corrected chi connectivity index (χ2v) is 7.88. The zero-order valence-corrected chi connectivity index (χ0v) is 15.0. The molecule has 1 atom stereocenters. The van der Waals surface area contributed by atoms with Gasteiger partial charge in [0, 0.05) is 10.9 Å². The van der Waals surface area contributed by atoms with Crippen LogP contribution in [0.5, 0.6) is 5.75 Å². The number of hydrogen-bond acceptors (Lipinski definition) is 7. The number of carbonyl (C=O) groups excluding carboxylic acids is 1. The van der Waals surface area contributed by atoms with Crippen LogP contribution in [0, 0.1) is 0 Å². The van der Waals surface area contributed by atoms with Gasteiger partial charge in [-0.25, -0.2) is 4.98 Å². The molecule has 1 unspecified atom stereocenters. The maximum atomic E-state index is 12.5. The van der Waals surface area contributed by atoms with Crippen LogP contribution in [0.4, 0.5) is 5.13 Å². The van der Waals surface area contributed by atoms with Crippen molar-refractivity contribution in [2.24, 2.45) is 0 Å². The van der Waals surface area contributed by atoms with Gasteiger partial charge in [0.05, 0.1) is 11.3 Å². The molecule has 0 spiro atoms. The highest BCUT2D eigenvalue weighted by Gasteiger charge is 2.37. The quantitative estimate of drug-likeness (QED) is 0.572. The first-order valence-electron chi connectivity index (χ1n) is 7.96. The summed E-state index contributed by atoms with van der Waals surface area (Å²) in [5.74, 6) is 0.451. The van der Waals surface area contributed by atoms with Crippen LogP contribution in [0.2, 0.25) is 0 Å². The predicted molar refractivity (Wildman–Crippen MR) is 103 cm³/mol. The van der Waals surface area contributed by atoms with E-state index in [1.165, 1.54) is 23.1 Å². The molecule has 3 aliphatic rings. The summed E-state index contributed by atoms with van der Waals surface area (Å²) in [6.45, 7) is 0. The number of phenols is 1. The van der Waals surface area contributed by atoms with E-state index in [1.54, 1.807) is 17.0 Å². The first kappa shape index (κ1) is 15.5. The predicted octanol–water partition coefficient (Wildman–Crippen LogP) is 3.68. The number of para-hydroxylation sites is 2. The van der Waals surface area contributed by atoms with Crippen LogP contribution in [0.15, 0.2) is 48.5 Å². The highest BCUT2D eigenvalue weighted by atomic mass is 32.2. The van der Waals surface area contributed by atoms with E-state index in [1.807, 2.05) is 36.4 Å². The normalized spacial score (nSPS) is 17.5. The minimum absolute atomic E-state index is 0.0516. The first-order valence-corrected chi connectivity index (χ1v) is 9.82. The zero-order chi connectivity index (χ0) is 17.7. The molecule has 0 radical (unpaired) electrons. The number of carbonyl (C=O) groups is 1. The van der Waals surface area contributed by atoms with Crippen molar-refractivity contribution >= 4 is 45.0 Å². The van der Waals surface area contributed by atoms with Gasteiger partial charge >= 0.3 is 0 Å². The second kappa shape index (κ2) is 5.93. The monoisotopic (exact) mass is 380 g/mol. The Balaban J connectivity index is 1.63. The minimum atomic E-state index is -0.323. The average Bonchev–Trinajstić information content (AvgIpc) is 3.22. The molecule has 8 heteroatoms. The van der Waals surface area contributed by atoms with Gasteiger partial charge in [0.15, 0.2) is 0 Å². The van der Waals surface area contributed by atoms with Crippen LogP contribution >= 0.6 is 23.1 Å². The van der Waals surface area contributed by atoms with E-state index in [9.17, 15) is 9.90 Å². The molecule has 2 aromatic rings. The number of anilines is 1. The molecule has 1 saturated heterocycles. The summed E-state index contributed by atoms with van der Waals surface area (Å²) in [5, 5.41) is 20.7. The maximum Gasteiger partial charge on any atom is 0.240 e. The van der Waals surface area contributed by atoms with Gasteiger partial charge in [0.25, 0.3) is 0 Å². The molecule has 3 heterocycles. The molecule has 2 aromatic carbocycles. The van der Waals surface area contributed by atoms with Gasteiger partial charge in [-0.3, -0.25) is 9.69 Å². The average molecular weight is 380 g/mol. The molecule has 1 N–H and O–H groups in total. The lowest BCUT2D eigenvalue weighted by molar-refractivity contribution is -0.115. The Morgan fingerprint density at radius 3 is 2.77 bits per heavy atom. The Morgan fingerprint density at radius 1 is 1.08 bits per heavy atom. The Labute approximate surface area is 156 Å². The van der Waals surface area contributed by atoms with Gasteiger partial charge in [-0.05, 0) is 12.1 Å². The van der Waals surface area contributed by atoms with Gasteiger partial charge in [0.1, 0.15) is 21.8 Å². The molecule has 0 bridgehead atoms. The lowest BCUT2D eigenvalue weighted by Gasteiger charge is -2.22. The number of amides is 1.